The van der Waals surface area contributed by atoms with E-state index in [0.717, 1.165) is 30.5 Å². The van der Waals surface area contributed by atoms with Gasteiger partial charge in [-0.3, -0.25) is 9.79 Å². The monoisotopic (exact) mass is 422 g/mol. The van der Waals surface area contributed by atoms with Gasteiger partial charge < -0.3 is 21.1 Å². The van der Waals surface area contributed by atoms with Crippen molar-refractivity contribution in [1.82, 2.24) is 10.6 Å². The molecule has 4 N–H and O–H groups in total. The van der Waals surface area contributed by atoms with Crippen LogP contribution < -0.4 is 21.1 Å². The third-order valence-corrected chi connectivity index (χ3v) is 4.48. The van der Waals surface area contributed by atoms with E-state index in [1.807, 2.05) is 30.3 Å². The molecule has 0 saturated heterocycles. The van der Waals surface area contributed by atoms with Gasteiger partial charge in [0.05, 0.1) is 0 Å². The molecule has 0 bridgehead atoms. The summed E-state index contributed by atoms with van der Waals surface area (Å²) in [4.78, 5) is 15.0. The highest BCUT2D eigenvalue weighted by atomic mass is 35.5. The summed E-state index contributed by atoms with van der Waals surface area (Å²) < 4.78 is 5.31. The zero-order valence-corrected chi connectivity index (χ0v) is 17.2. The maximum absolute atomic E-state index is 10.8. The Bertz CT molecular complexity index is 828. The molecule has 0 aliphatic carbocycles. The number of primary amides is 1. The van der Waals surface area contributed by atoms with Crippen LogP contribution in [0.1, 0.15) is 17.5 Å². The molecular weight excluding hydrogens is 399 g/mol. The molecular formula is C20H24Cl2N4O2. The number of ether oxygens (including phenoxy) is 1. The predicted molar refractivity (Wildman–Crippen MR) is 114 cm³/mol. The molecule has 8 heteroatoms. The minimum Gasteiger partial charge on any atom is -0.484 e. The lowest BCUT2D eigenvalue weighted by molar-refractivity contribution is -0.119. The van der Waals surface area contributed by atoms with Crippen LogP contribution in [0.3, 0.4) is 0 Å². The zero-order valence-electron chi connectivity index (χ0n) is 15.7. The topological polar surface area (TPSA) is 88.7 Å². The Balaban J connectivity index is 1.75. The summed E-state index contributed by atoms with van der Waals surface area (Å²) in [6, 6.07) is 13.0. The second-order valence-electron chi connectivity index (χ2n) is 6.09. The number of amides is 1. The first kappa shape index (κ1) is 21.9. The van der Waals surface area contributed by atoms with E-state index in [4.69, 9.17) is 33.7 Å². The van der Waals surface area contributed by atoms with Crippen molar-refractivity contribution in [3.63, 3.8) is 0 Å². The van der Waals surface area contributed by atoms with Crippen molar-refractivity contribution in [3.05, 3.63) is 63.6 Å². The van der Waals surface area contributed by atoms with Crippen molar-refractivity contribution in [2.24, 2.45) is 10.7 Å². The van der Waals surface area contributed by atoms with Crippen LogP contribution in [0, 0.1) is 0 Å². The minimum atomic E-state index is -0.506. The summed E-state index contributed by atoms with van der Waals surface area (Å²) in [5.41, 5.74) is 7.16. The van der Waals surface area contributed by atoms with Gasteiger partial charge in [-0.25, -0.2) is 0 Å². The van der Waals surface area contributed by atoms with Crippen LogP contribution in [-0.2, 0) is 17.8 Å². The molecule has 2 aromatic carbocycles. The van der Waals surface area contributed by atoms with Crippen molar-refractivity contribution >= 4 is 35.1 Å². The highest BCUT2D eigenvalue weighted by molar-refractivity contribution is 6.35. The lowest BCUT2D eigenvalue weighted by Crippen LogP contribution is -2.37. The van der Waals surface area contributed by atoms with Gasteiger partial charge in [-0.2, -0.15) is 0 Å². The van der Waals surface area contributed by atoms with E-state index in [9.17, 15) is 4.79 Å². The molecule has 0 saturated carbocycles. The normalized spacial score (nSPS) is 11.2. The van der Waals surface area contributed by atoms with Gasteiger partial charge in [0, 0.05) is 30.2 Å². The number of aliphatic imine (C=N–C) groups is 1. The highest BCUT2D eigenvalue weighted by Gasteiger charge is 2.03. The van der Waals surface area contributed by atoms with E-state index in [1.165, 1.54) is 0 Å². The van der Waals surface area contributed by atoms with E-state index in [1.54, 1.807) is 19.2 Å². The van der Waals surface area contributed by atoms with Crippen molar-refractivity contribution in [2.45, 2.75) is 19.4 Å². The Morgan fingerprint density at radius 1 is 1.18 bits per heavy atom. The number of carbonyl (C=O) groups is 1. The predicted octanol–water partition coefficient (Wildman–Crippen LogP) is 3.16. The lowest BCUT2D eigenvalue weighted by Gasteiger charge is -2.13. The summed E-state index contributed by atoms with van der Waals surface area (Å²) in [6.45, 7) is 1.18. The van der Waals surface area contributed by atoms with Crippen LogP contribution in [-0.4, -0.2) is 32.1 Å². The molecule has 0 aromatic heterocycles. The van der Waals surface area contributed by atoms with Crippen LogP contribution in [0.5, 0.6) is 5.75 Å². The standard InChI is InChI=1S/C20H24Cl2N4O2/c1-24-20(25-9-3-5-15-7-8-16(21)11-18(15)22)26-12-14-4-2-6-17(10-14)28-13-19(23)27/h2,4,6-8,10-11H,3,5,9,12-13H2,1H3,(H2,23,27)(H2,24,25,26). The zero-order chi connectivity index (χ0) is 20.4. The largest absolute Gasteiger partial charge is 0.484 e. The number of nitrogens with zero attached hydrogens (tertiary/aromatic N) is 1. The maximum Gasteiger partial charge on any atom is 0.255 e. The summed E-state index contributed by atoms with van der Waals surface area (Å²) >= 11 is 12.1. The van der Waals surface area contributed by atoms with Gasteiger partial charge in [-0.1, -0.05) is 41.4 Å². The van der Waals surface area contributed by atoms with Crippen LogP contribution in [0.2, 0.25) is 10.0 Å². The summed E-state index contributed by atoms with van der Waals surface area (Å²) in [7, 11) is 1.72. The number of carbonyl (C=O) groups excluding carboxylic acids is 1. The first-order valence-corrected chi connectivity index (χ1v) is 9.62. The molecule has 0 aliphatic heterocycles. The molecule has 28 heavy (non-hydrogen) atoms. The van der Waals surface area contributed by atoms with Crippen LogP contribution in [0.4, 0.5) is 0 Å². The number of rotatable bonds is 9. The molecule has 2 rings (SSSR count). The quantitative estimate of drug-likeness (QED) is 0.329. The van der Waals surface area contributed by atoms with Crippen LogP contribution in [0.25, 0.3) is 0 Å². The van der Waals surface area contributed by atoms with Crippen molar-refractivity contribution in [2.75, 3.05) is 20.2 Å². The molecule has 2 aromatic rings. The van der Waals surface area contributed by atoms with E-state index in [2.05, 4.69) is 15.6 Å². The molecule has 6 nitrogen and oxygen atoms in total. The van der Waals surface area contributed by atoms with Gasteiger partial charge >= 0.3 is 0 Å². The van der Waals surface area contributed by atoms with Gasteiger partial charge in [0.25, 0.3) is 5.91 Å². The van der Waals surface area contributed by atoms with Crippen molar-refractivity contribution < 1.29 is 9.53 Å². The number of halogens is 2. The number of nitrogens with one attached hydrogen (secondary N) is 2. The van der Waals surface area contributed by atoms with E-state index in [-0.39, 0.29) is 6.61 Å². The fraction of sp³-hybridized carbons (Fsp3) is 0.300. The molecule has 0 unspecified atom stereocenters. The SMILES string of the molecule is CN=C(NCCCc1ccc(Cl)cc1Cl)NCc1cccc(OCC(N)=O)c1. The van der Waals surface area contributed by atoms with Crippen molar-refractivity contribution in [1.29, 1.82) is 0 Å². The van der Waals surface area contributed by atoms with E-state index < -0.39 is 5.91 Å². The first-order chi connectivity index (χ1) is 13.5. The van der Waals surface area contributed by atoms with Crippen LogP contribution >= 0.6 is 23.2 Å². The first-order valence-electron chi connectivity index (χ1n) is 8.86. The second kappa shape index (κ2) is 11.4. The average molecular weight is 423 g/mol. The summed E-state index contributed by atoms with van der Waals surface area (Å²) in [5.74, 6) is 0.791. The molecule has 0 spiro atoms. The van der Waals surface area contributed by atoms with Gasteiger partial charge in [0.1, 0.15) is 5.75 Å². The number of hydrogen-bond donors (Lipinski definition) is 3. The Hall–Kier alpha value is -2.44. The third-order valence-electron chi connectivity index (χ3n) is 3.89. The van der Waals surface area contributed by atoms with E-state index in [0.29, 0.717) is 28.3 Å². The van der Waals surface area contributed by atoms with Crippen molar-refractivity contribution in [3.8, 4) is 5.75 Å². The Kier molecular flexibility index (Phi) is 8.91. The number of nitrogens with two attached hydrogens (primary N) is 1. The van der Waals surface area contributed by atoms with Crippen LogP contribution in [0.15, 0.2) is 47.5 Å². The van der Waals surface area contributed by atoms with Gasteiger partial charge in [-0.15, -0.1) is 0 Å². The second-order valence-corrected chi connectivity index (χ2v) is 6.94. The number of aryl methyl sites for hydroxylation is 1. The Labute approximate surface area is 175 Å². The average Bonchev–Trinajstić information content (AvgIpc) is 2.67. The number of hydrogen-bond acceptors (Lipinski definition) is 3. The summed E-state index contributed by atoms with van der Waals surface area (Å²) in [5, 5.41) is 7.84. The molecule has 1 amide bonds. The van der Waals surface area contributed by atoms with E-state index >= 15 is 0 Å². The number of benzene rings is 2. The summed E-state index contributed by atoms with van der Waals surface area (Å²) in [6.07, 6.45) is 1.75. The fourth-order valence-corrected chi connectivity index (χ4v) is 3.02. The molecule has 0 radical (unpaired) electrons. The fourth-order valence-electron chi connectivity index (χ4n) is 2.52. The minimum absolute atomic E-state index is 0.141. The Morgan fingerprint density at radius 2 is 2.00 bits per heavy atom. The molecule has 0 fully saturated rings. The Morgan fingerprint density at radius 3 is 2.71 bits per heavy atom. The number of guanidine groups is 1. The molecule has 150 valence electrons. The highest BCUT2D eigenvalue weighted by Crippen LogP contribution is 2.21. The van der Waals surface area contributed by atoms with Gasteiger partial charge in [-0.05, 0) is 48.2 Å². The molecule has 0 heterocycles. The lowest BCUT2D eigenvalue weighted by atomic mass is 10.1. The molecule has 0 aliphatic rings. The third kappa shape index (κ3) is 7.66. The smallest absolute Gasteiger partial charge is 0.255 e. The van der Waals surface area contributed by atoms with Gasteiger partial charge in [0.15, 0.2) is 12.6 Å². The van der Waals surface area contributed by atoms with Gasteiger partial charge in [0.2, 0.25) is 0 Å². The molecule has 0 atom stereocenters. The maximum atomic E-state index is 10.8.